The van der Waals surface area contributed by atoms with Crippen LogP contribution in [0.5, 0.6) is 0 Å². The first kappa shape index (κ1) is 7.54. The smallest absolute Gasteiger partial charge is 0.219 e. The van der Waals surface area contributed by atoms with Gasteiger partial charge >= 0.3 is 0 Å². The fourth-order valence-corrected chi connectivity index (χ4v) is 1.82. The van der Waals surface area contributed by atoms with Gasteiger partial charge in [0.15, 0.2) is 0 Å². The van der Waals surface area contributed by atoms with E-state index < -0.39 is 0 Å². The lowest BCUT2D eigenvalue weighted by Crippen LogP contribution is -2.53. The third kappa shape index (κ3) is 1.48. The van der Waals surface area contributed by atoms with Gasteiger partial charge in [-0.15, -0.1) is 0 Å². The van der Waals surface area contributed by atoms with Crippen molar-refractivity contribution < 1.29 is 4.79 Å². The minimum Gasteiger partial charge on any atom is -0.370 e. The molecule has 1 saturated carbocycles. The molecule has 1 amide bonds. The first-order valence-corrected chi connectivity index (χ1v) is 3.59. The van der Waals surface area contributed by atoms with E-state index in [0.717, 1.165) is 12.8 Å². The van der Waals surface area contributed by atoms with Gasteiger partial charge in [0.1, 0.15) is 0 Å². The first-order chi connectivity index (χ1) is 4.52. The Hall–Kier alpha value is -0.570. The average Bonchev–Trinajstić information content (AvgIpc) is 1.57. The fourth-order valence-electron chi connectivity index (χ4n) is 1.82. The first-order valence-electron chi connectivity index (χ1n) is 3.59. The van der Waals surface area contributed by atoms with Crippen LogP contribution in [0.25, 0.3) is 0 Å². The molecule has 3 nitrogen and oxygen atoms in total. The summed E-state index contributed by atoms with van der Waals surface area (Å²) in [7, 11) is 0. The van der Waals surface area contributed by atoms with E-state index in [1.165, 1.54) is 0 Å². The quantitative estimate of drug-likeness (QED) is 0.569. The van der Waals surface area contributed by atoms with Crippen molar-refractivity contribution >= 4 is 5.91 Å². The van der Waals surface area contributed by atoms with Crippen LogP contribution in [-0.2, 0) is 4.79 Å². The number of carbonyl (C=O) groups excluding carboxylic acids is 1. The number of rotatable bonds is 2. The maximum absolute atomic E-state index is 10.5. The Kier molecular flexibility index (Phi) is 1.68. The van der Waals surface area contributed by atoms with E-state index in [-0.39, 0.29) is 11.4 Å². The molecule has 1 fully saturated rings. The molecule has 0 bridgehead atoms. The maximum atomic E-state index is 10.5. The summed E-state index contributed by atoms with van der Waals surface area (Å²) >= 11 is 0. The van der Waals surface area contributed by atoms with E-state index in [1.807, 2.05) is 0 Å². The summed E-state index contributed by atoms with van der Waals surface area (Å²) in [4.78, 5) is 10.5. The fraction of sp³-hybridized carbons (Fsp3) is 0.857. The zero-order valence-corrected chi connectivity index (χ0v) is 6.26. The molecule has 3 heteroatoms. The lowest BCUT2D eigenvalue weighted by Gasteiger charge is -2.42. The van der Waals surface area contributed by atoms with Gasteiger partial charge in [-0.2, -0.15) is 0 Å². The number of amides is 1. The molecule has 0 unspecified atom stereocenters. The van der Waals surface area contributed by atoms with E-state index >= 15 is 0 Å². The molecule has 0 aromatic heterocycles. The Morgan fingerprint density at radius 3 is 2.50 bits per heavy atom. The number of nitrogens with two attached hydrogens (primary N) is 2. The summed E-state index contributed by atoms with van der Waals surface area (Å²) in [6.45, 7) is 2.13. The predicted octanol–water partition coefficient (Wildman–Crippen LogP) is -0.0108. The van der Waals surface area contributed by atoms with E-state index in [2.05, 4.69) is 6.92 Å². The van der Waals surface area contributed by atoms with E-state index in [0.29, 0.717) is 12.3 Å². The minimum atomic E-state index is -0.283. The minimum absolute atomic E-state index is 0.259. The molecule has 58 valence electrons. The van der Waals surface area contributed by atoms with Crippen LogP contribution in [-0.4, -0.2) is 11.4 Å². The Labute approximate surface area is 60.8 Å². The highest BCUT2D eigenvalue weighted by atomic mass is 16.1. The Morgan fingerprint density at radius 1 is 1.70 bits per heavy atom. The molecule has 0 radical (unpaired) electrons. The van der Waals surface area contributed by atoms with Crippen LogP contribution in [0.2, 0.25) is 0 Å². The van der Waals surface area contributed by atoms with Crippen LogP contribution in [0.4, 0.5) is 0 Å². The van der Waals surface area contributed by atoms with Crippen molar-refractivity contribution in [1.82, 2.24) is 0 Å². The van der Waals surface area contributed by atoms with Gasteiger partial charge in [0, 0.05) is 12.0 Å². The van der Waals surface area contributed by atoms with Crippen LogP contribution >= 0.6 is 0 Å². The Balaban J connectivity index is 2.34. The highest BCUT2D eigenvalue weighted by molar-refractivity contribution is 5.75. The molecule has 0 heterocycles. The second-order valence-electron chi connectivity index (χ2n) is 3.52. The summed E-state index contributed by atoms with van der Waals surface area (Å²) in [5, 5.41) is 0. The largest absolute Gasteiger partial charge is 0.370 e. The standard InChI is InChI=1S/C7H14N2O/c1-5-2-7(9,3-5)4-6(8)10/h5H,2-4,9H2,1H3,(H2,8,10). The van der Waals surface area contributed by atoms with Crippen molar-refractivity contribution in [2.75, 3.05) is 0 Å². The van der Waals surface area contributed by atoms with Crippen molar-refractivity contribution in [3.8, 4) is 0 Å². The van der Waals surface area contributed by atoms with Gasteiger partial charge in [-0.25, -0.2) is 0 Å². The van der Waals surface area contributed by atoms with Crippen molar-refractivity contribution in [2.45, 2.75) is 31.7 Å². The Morgan fingerprint density at radius 2 is 2.20 bits per heavy atom. The van der Waals surface area contributed by atoms with Crippen LogP contribution in [0, 0.1) is 5.92 Å². The highest BCUT2D eigenvalue weighted by Crippen LogP contribution is 2.37. The van der Waals surface area contributed by atoms with Crippen molar-refractivity contribution in [3.05, 3.63) is 0 Å². The number of primary amides is 1. The zero-order valence-electron chi connectivity index (χ0n) is 6.26. The summed E-state index contributed by atoms with van der Waals surface area (Å²) < 4.78 is 0. The molecule has 0 saturated heterocycles. The summed E-state index contributed by atoms with van der Waals surface area (Å²) in [6, 6.07) is 0. The molecular weight excluding hydrogens is 128 g/mol. The van der Waals surface area contributed by atoms with Crippen LogP contribution in [0.1, 0.15) is 26.2 Å². The monoisotopic (exact) mass is 142 g/mol. The molecule has 4 N–H and O–H groups in total. The Bertz CT molecular complexity index is 150. The van der Waals surface area contributed by atoms with Crippen molar-refractivity contribution in [3.63, 3.8) is 0 Å². The lowest BCUT2D eigenvalue weighted by molar-refractivity contribution is -0.120. The second kappa shape index (κ2) is 2.23. The molecule has 0 aliphatic heterocycles. The van der Waals surface area contributed by atoms with Crippen molar-refractivity contribution in [2.24, 2.45) is 17.4 Å². The van der Waals surface area contributed by atoms with E-state index in [4.69, 9.17) is 11.5 Å². The van der Waals surface area contributed by atoms with Gasteiger partial charge in [-0.1, -0.05) is 6.92 Å². The molecule has 0 spiro atoms. The van der Waals surface area contributed by atoms with Gasteiger partial charge in [-0.05, 0) is 18.8 Å². The highest BCUT2D eigenvalue weighted by Gasteiger charge is 2.39. The summed E-state index contributed by atoms with van der Waals surface area (Å²) in [5.41, 5.74) is 10.5. The summed E-state index contributed by atoms with van der Waals surface area (Å²) in [5.74, 6) is 0.388. The molecule has 10 heavy (non-hydrogen) atoms. The zero-order chi connectivity index (χ0) is 7.78. The molecule has 1 aliphatic rings. The van der Waals surface area contributed by atoms with Gasteiger partial charge < -0.3 is 11.5 Å². The average molecular weight is 142 g/mol. The van der Waals surface area contributed by atoms with E-state index in [9.17, 15) is 4.79 Å². The van der Waals surface area contributed by atoms with E-state index in [1.54, 1.807) is 0 Å². The molecule has 0 atom stereocenters. The predicted molar refractivity (Wildman–Crippen MR) is 39.1 cm³/mol. The number of carbonyl (C=O) groups is 1. The summed E-state index contributed by atoms with van der Waals surface area (Å²) in [6.07, 6.45) is 2.23. The molecule has 1 aliphatic carbocycles. The van der Waals surface area contributed by atoms with Gasteiger partial charge in [0.05, 0.1) is 0 Å². The van der Waals surface area contributed by atoms with Crippen LogP contribution < -0.4 is 11.5 Å². The van der Waals surface area contributed by atoms with Gasteiger partial charge in [0.25, 0.3) is 0 Å². The number of hydrogen-bond acceptors (Lipinski definition) is 2. The SMILES string of the molecule is CC1CC(N)(CC(N)=O)C1. The topological polar surface area (TPSA) is 69.1 Å². The number of hydrogen-bond donors (Lipinski definition) is 2. The van der Waals surface area contributed by atoms with Gasteiger partial charge in [0.2, 0.25) is 5.91 Å². The molecular formula is C7H14N2O. The normalized spacial score (nSPS) is 38.8. The maximum Gasteiger partial charge on any atom is 0.219 e. The third-order valence-corrected chi connectivity index (χ3v) is 2.04. The van der Waals surface area contributed by atoms with Crippen LogP contribution in [0.3, 0.4) is 0 Å². The third-order valence-electron chi connectivity index (χ3n) is 2.04. The van der Waals surface area contributed by atoms with Crippen molar-refractivity contribution in [1.29, 1.82) is 0 Å². The van der Waals surface area contributed by atoms with Gasteiger partial charge in [-0.3, -0.25) is 4.79 Å². The molecule has 1 rings (SSSR count). The molecule has 0 aromatic rings. The second-order valence-corrected chi connectivity index (χ2v) is 3.52. The van der Waals surface area contributed by atoms with Crippen LogP contribution in [0.15, 0.2) is 0 Å². The lowest BCUT2D eigenvalue weighted by atomic mass is 9.68. The molecule has 0 aromatic carbocycles.